The quantitative estimate of drug-likeness (QED) is 0.820. The topological polar surface area (TPSA) is 71.1 Å². The second kappa shape index (κ2) is 8.82. The van der Waals surface area contributed by atoms with Gasteiger partial charge in [-0.2, -0.15) is 0 Å². The molecule has 126 valence electrons. The van der Waals surface area contributed by atoms with Gasteiger partial charge in [0, 0.05) is 30.5 Å². The first-order valence-corrected chi connectivity index (χ1v) is 8.22. The van der Waals surface area contributed by atoms with Gasteiger partial charge >= 0.3 is 0 Å². The Morgan fingerprint density at radius 3 is 2.38 bits per heavy atom. The molecular formula is C19H23N3O2. The van der Waals surface area contributed by atoms with Crippen LogP contribution in [0, 0.1) is 5.92 Å². The van der Waals surface area contributed by atoms with Crippen LogP contribution >= 0.6 is 0 Å². The normalized spacial score (nSPS) is 10.5. The van der Waals surface area contributed by atoms with E-state index >= 15 is 0 Å². The lowest BCUT2D eigenvalue weighted by Crippen LogP contribution is -2.29. The number of aromatic nitrogens is 1. The third-order valence-electron chi connectivity index (χ3n) is 3.96. The average Bonchev–Trinajstić information content (AvgIpc) is 2.63. The van der Waals surface area contributed by atoms with Gasteiger partial charge in [-0.15, -0.1) is 0 Å². The first-order valence-electron chi connectivity index (χ1n) is 8.22. The van der Waals surface area contributed by atoms with Gasteiger partial charge in [0.25, 0.3) is 5.91 Å². The molecule has 1 heterocycles. The molecule has 0 aliphatic rings. The van der Waals surface area contributed by atoms with Gasteiger partial charge < -0.3 is 10.6 Å². The third kappa shape index (κ3) is 4.91. The lowest BCUT2D eigenvalue weighted by Gasteiger charge is -2.13. The molecule has 0 bridgehead atoms. The Morgan fingerprint density at radius 1 is 1.08 bits per heavy atom. The van der Waals surface area contributed by atoms with Crippen molar-refractivity contribution in [3.63, 3.8) is 0 Å². The van der Waals surface area contributed by atoms with Crippen molar-refractivity contribution in [2.24, 2.45) is 5.92 Å². The molecule has 2 amide bonds. The summed E-state index contributed by atoms with van der Waals surface area (Å²) in [5, 5.41) is 5.77. The number of benzene rings is 1. The molecule has 0 spiro atoms. The van der Waals surface area contributed by atoms with E-state index in [9.17, 15) is 9.59 Å². The number of carbonyl (C=O) groups excluding carboxylic acids is 2. The van der Waals surface area contributed by atoms with Crippen molar-refractivity contribution >= 4 is 17.5 Å². The van der Waals surface area contributed by atoms with Gasteiger partial charge in [0.15, 0.2) is 0 Å². The Bertz CT molecular complexity index is 665. The molecule has 1 aromatic carbocycles. The minimum atomic E-state index is -0.196. The van der Waals surface area contributed by atoms with Crippen LogP contribution in [0.15, 0.2) is 48.8 Å². The second-order valence-electron chi connectivity index (χ2n) is 5.62. The van der Waals surface area contributed by atoms with Gasteiger partial charge in [-0.3, -0.25) is 14.6 Å². The number of rotatable bonds is 7. The molecule has 0 saturated heterocycles. The molecule has 2 rings (SSSR count). The molecule has 0 saturated carbocycles. The summed E-state index contributed by atoms with van der Waals surface area (Å²) in [7, 11) is 0. The SMILES string of the molecule is CCC(CC)C(=O)NCc1ccc(NC(=O)c2cccnc2)cc1. The number of amides is 2. The molecule has 0 atom stereocenters. The zero-order chi connectivity index (χ0) is 17.4. The van der Waals surface area contributed by atoms with Crippen LogP contribution in [0.25, 0.3) is 0 Å². The predicted octanol–water partition coefficient (Wildman–Crippen LogP) is 3.39. The molecule has 0 fully saturated rings. The minimum absolute atomic E-state index is 0.0723. The van der Waals surface area contributed by atoms with Gasteiger partial charge in [0.2, 0.25) is 5.91 Å². The average molecular weight is 325 g/mol. The first-order chi connectivity index (χ1) is 11.6. The summed E-state index contributed by atoms with van der Waals surface area (Å²) < 4.78 is 0. The standard InChI is InChI=1S/C19H23N3O2/c1-3-15(4-2)18(23)21-12-14-7-9-17(10-8-14)22-19(24)16-6-5-11-20-13-16/h5-11,13,15H,3-4,12H2,1-2H3,(H,21,23)(H,22,24). The van der Waals surface area contributed by atoms with Crippen molar-refractivity contribution in [1.29, 1.82) is 0 Å². The fourth-order valence-corrected chi connectivity index (χ4v) is 2.40. The first kappa shape index (κ1) is 17.7. The smallest absolute Gasteiger partial charge is 0.257 e. The molecule has 0 aliphatic carbocycles. The highest BCUT2D eigenvalue weighted by molar-refractivity contribution is 6.03. The fraction of sp³-hybridized carbons (Fsp3) is 0.316. The fourth-order valence-electron chi connectivity index (χ4n) is 2.40. The summed E-state index contributed by atoms with van der Waals surface area (Å²) in [6.45, 7) is 4.53. The molecule has 2 aromatic rings. The highest BCUT2D eigenvalue weighted by Gasteiger charge is 2.13. The van der Waals surface area contributed by atoms with Crippen molar-refractivity contribution in [3.8, 4) is 0 Å². The number of hydrogen-bond donors (Lipinski definition) is 2. The molecule has 1 aromatic heterocycles. The lowest BCUT2D eigenvalue weighted by molar-refractivity contribution is -0.125. The Balaban J connectivity index is 1.89. The van der Waals surface area contributed by atoms with Crippen LogP contribution in [0.3, 0.4) is 0 Å². The van der Waals surface area contributed by atoms with E-state index in [1.807, 2.05) is 38.1 Å². The largest absolute Gasteiger partial charge is 0.352 e. The third-order valence-corrected chi connectivity index (χ3v) is 3.96. The summed E-state index contributed by atoms with van der Waals surface area (Å²) in [6.07, 6.45) is 4.85. The molecule has 24 heavy (non-hydrogen) atoms. The molecule has 2 N–H and O–H groups in total. The number of nitrogens with zero attached hydrogens (tertiary/aromatic N) is 1. The monoisotopic (exact) mass is 325 g/mol. The Labute approximate surface area is 142 Å². The highest BCUT2D eigenvalue weighted by atomic mass is 16.2. The van der Waals surface area contributed by atoms with Crippen molar-refractivity contribution < 1.29 is 9.59 Å². The van der Waals surface area contributed by atoms with Crippen LogP contribution < -0.4 is 10.6 Å². The van der Waals surface area contributed by atoms with E-state index < -0.39 is 0 Å². The van der Waals surface area contributed by atoms with Crippen molar-refractivity contribution in [2.45, 2.75) is 33.2 Å². The molecule has 0 radical (unpaired) electrons. The number of pyridine rings is 1. The van der Waals surface area contributed by atoms with E-state index in [-0.39, 0.29) is 17.7 Å². The summed E-state index contributed by atoms with van der Waals surface area (Å²) >= 11 is 0. The number of nitrogens with one attached hydrogen (secondary N) is 2. The van der Waals surface area contributed by atoms with E-state index in [0.29, 0.717) is 17.8 Å². The van der Waals surface area contributed by atoms with Crippen LogP contribution in [0.1, 0.15) is 42.6 Å². The van der Waals surface area contributed by atoms with Gasteiger partial charge in [-0.05, 0) is 42.7 Å². The molecule has 5 heteroatoms. The van der Waals surface area contributed by atoms with Crippen LogP contribution in [0.4, 0.5) is 5.69 Å². The number of carbonyl (C=O) groups is 2. The zero-order valence-corrected chi connectivity index (χ0v) is 14.1. The van der Waals surface area contributed by atoms with Crippen molar-refractivity contribution in [1.82, 2.24) is 10.3 Å². The van der Waals surface area contributed by atoms with E-state index in [4.69, 9.17) is 0 Å². The summed E-state index contributed by atoms with van der Waals surface area (Å²) in [6, 6.07) is 10.9. The van der Waals surface area contributed by atoms with E-state index in [0.717, 1.165) is 18.4 Å². The summed E-state index contributed by atoms with van der Waals surface area (Å²) in [4.78, 5) is 28.0. The maximum atomic E-state index is 12.0. The second-order valence-corrected chi connectivity index (χ2v) is 5.62. The van der Waals surface area contributed by atoms with Gasteiger partial charge in [-0.1, -0.05) is 26.0 Å². The zero-order valence-electron chi connectivity index (χ0n) is 14.1. The van der Waals surface area contributed by atoms with E-state index in [2.05, 4.69) is 15.6 Å². The van der Waals surface area contributed by atoms with Crippen molar-refractivity contribution in [3.05, 3.63) is 59.9 Å². The Hall–Kier alpha value is -2.69. The summed E-state index contributed by atoms with van der Waals surface area (Å²) in [5.74, 6) is -0.0325. The van der Waals surface area contributed by atoms with Crippen molar-refractivity contribution in [2.75, 3.05) is 5.32 Å². The van der Waals surface area contributed by atoms with Gasteiger partial charge in [-0.25, -0.2) is 0 Å². The molecular weight excluding hydrogens is 302 g/mol. The van der Waals surface area contributed by atoms with Gasteiger partial charge in [0.1, 0.15) is 0 Å². The molecule has 0 unspecified atom stereocenters. The van der Waals surface area contributed by atoms with E-state index in [1.54, 1.807) is 18.3 Å². The highest BCUT2D eigenvalue weighted by Crippen LogP contribution is 2.12. The predicted molar refractivity (Wildman–Crippen MR) is 94.6 cm³/mol. The van der Waals surface area contributed by atoms with Crippen LogP contribution in [0.5, 0.6) is 0 Å². The van der Waals surface area contributed by atoms with Crippen LogP contribution in [-0.4, -0.2) is 16.8 Å². The maximum absolute atomic E-state index is 12.0. The summed E-state index contributed by atoms with van der Waals surface area (Å²) in [5.41, 5.74) is 2.21. The molecule has 5 nitrogen and oxygen atoms in total. The Morgan fingerprint density at radius 2 is 1.79 bits per heavy atom. The lowest BCUT2D eigenvalue weighted by atomic mass is 10.0. The Kier molecular flexibility index (Phi) is 6.49. The van der Waals surface area contributed by atoms with Gasteiger partial charge in [0.05, 0.1) is 5.56 Å². The maximum Gasteiger partial charge on any atom is 0.257 e. The number of hydrogen-bond acceptors (Lipinski definition) is 3. The van der Waals surface area contributed by atoms with Crippen LogP contribution in [0.2, 0.25) is 0 Å². The van der Waals surface area contributed by atoms with Crippen LogP contribution in [-0.2, 0) is 11.3 Å². The van der Waals surface area contributed by atoms with E-state index in [1.165, 1.54) is 6.20 Å². The number of anilines is 1. The molecule has 0 aliphatic heterocycles. The minimum Gasteiger partial charge on any atom is -0.352 e.